The number of benzene rings is 8. The van der Waals surface area contributed by atoms with E-state index in [2.05, 4.69) is 173 Å². The zero-order valence-corrected chi connectivity index (χ0v) is 27.0. The molecule has 3 heterocycles. The van der Waals surface area contributed by atoms with Crippen LogP contribution in [0.2, 0.25) is 0 Å². The summed E-state index contributed by atoms with van der Waals surface area (Å²) in [6, 6.07) is 58.6. The summed E-state index contributed by atoms with van der Waals surface area (Å²) >= 11 is 0. The van der Waals surface area contributed by atoms with Gasteiger partial charge in [-0.15, -0.1) is 0 Å². The van der Waals surface area contributed by atoms with E-state index in [4.69, 9.17) is 9.97 Å². The van der Waals surface area contributed by atoms with Crippen LogP contribution in [0.5, 0.6) is 0 Å². The van der Waals surface area contributed by atoms with Gasteiger partial charge in [0.25, 0.3) is 0 Å². The van der Waals surface area contributed by atoms with Crippen molar-refractivity contribution in [1.29, 1.82) is 0 Å². The molecule has 0 aliphatic carbocycles. The summed E-state index contributed by atoms with van der Waals surface area (Å²) in [4.78, 5) is 10.2. The van der Waals surface area contributed by atoms with Crippen molar-refractivity contribution in [3.8, 4) is 22.6 Å². The lowest BCUT2D eigenvalue weighted by atomic mass is 9.99. The summed E-state index contributed by atoms with van der Waals surface area (Å²) in [7, 11) is 0. The van der Waals surface area contributed by atoms with Crippen molar-refractivity contribution in [3.63, 3.8) is 0 Å². The van der Waals surface area contributed by atoms with Gasteiger partial charge < -0.3 is 9.13 Å². The van der Waals surface area contributed by atoms with Gasteiger partial charge in [-0.25, -0.2) is 4.98 Å². The highest BCUT2D eigenvalue weighted by Crippen LogP contribution is 2.40. The smallest absolute Gasteiger partial charge is 0.0979 e. The molecular weight excluding hydrogens is 609 g/mol. The van der Waals surface area contributed by atoms with Crippen molar-refractivity contribution in [1.82, 2.24) is 19.1 Å². The largest absolute Gasteiger partial charge is 0.309 e. The Balaban J connectivity index is 1.11. The second kappa shape index (κ2) is 10.4. The quantitative estimate of drug-likeness (QED) is 0.181. The molecule has 0 aliphatic heterocycles. The summed E-state index contributed by atoms with van der Waals surface area (Å²) in [5.74, 6) is 0. The van der Waals surface area contributed by atoms with Crippen LogP contribution in [0, 0.1) is 0 Å². The molecule has 11 rings (SSSR count). The third kappa shape index (κ3) is 3.81. The summed E-state index contributed by atoms with van der Waals surface area (Å²) in [6.45, 7) is 0. The number of hydrogen-bond donors (Lipinski definition) is 0. The van der Waals surface area contributed by atoms with E-state index in [0.717, 1.165) is 44.4 Å². The fourth-order valence-corrected chi connectivity index (χ4v) is 8.11. The molecule has 0 radical (unpaired) electrons. The average Bonchev–Trinajstić information content (AvgIpc) is 3.69. The van der Waals surface area contributed by atoms with Crippen LogP contribution >= 0.6 is 0 Å². The van der Waals surface area contributed by atoms with E-state index in [1.807, 2.05) is 6.20 Å². The van der Waals surface area contributed by atoms with Gasteiger partial charge in [-0.2, -0.15) is 0 Å². The summed E-state index contributed by atoms with van der Waals surface area (Å²) < 4.78 is 4.79. The molecule has 232 valence electrons. The molecule has 0 amide bonds. The molecule has 0 N–H and O–H groups in total. The molecule has 0 saturated carbocycles. The van der Waals surface area contributed by atoms with Crippen LogP contribution < -0.4 is 0 Å². The Morgan fingerprint density at radius 2 is 0.800 bits per heavy atom. The van der Waals surface area contributed by atoms with Gasteiger partial charge >= 0.3 is 0 Å². The van der Waals surface area contributed by atoms with E-state index in [-0.39, 0.29) is 0 Å². The number of para-hydroxylation sites is 3. The first-order chi connectivity index (χ1) is 24.8. The fourth-order valence-electron chi connectivity index (χ4n) is 8.11. The van der Waals surface area contributed by atoms with Gasteiger partial charge in [-0.05, 0) is 59.3 Å². The molecule has 4 nitrogen and oxygen atoms in total. The van der Waals surface area contributed by atoms with Crippen molar-refractivity contribution >= 4 is 76.2 Å². The molecule has 8 aromatic carbocycles. The lowest BCUT2D eigenvalue weighted by Crippen LogP contribution is -1.95. The Morgan fingerprint density at radius 1 is 0.340 bits per heavy atom. The Labute approximate surface area is 287 Å². The van der Waals surface area contributed by atoms with Crippen LogP contribution in [0.25, 0.3) is 98.8 Å². The number of hydrogen-bond acceptors (Lipinski definition) is 2. The Hall–Kier alpha value is -6.78. The summed E-state index contributed by atoms with van der Waals surface area (Å²) in [5, 5.41) is 9.61. The zero-order valence-electron chi connectivity index (χ0n) is 27.0. The standard InChI is InChI=1S/C46H28N4/c1-2-12-30(13-3-1)49-41-20-10-8-16-34(41)38-27-44-39(26-43(38)49)35-17-9-11-21-42(35)50(44)31-24-22-29(23-25-31)40-28-47-45-36-18-6-4-14-32(36)33-15-5-7-19-37(33)46(45)48-40/h1-28H. The first-order valence-electron chi connectivity index (χ1n) is 17.0. The third-order valence-corrected chi connectivity index (χ3v) is 10.3. The first kappa shape index (κ1) is 27.2. The summed E-state index contributed by atoms with van der Waals surface area (Å²) in [6.07, 6.45) is 1.91. The fraction of sp³-hybridized carbons (Fsp3) is 0. The van der Waals surface area contributed by atoms with Crippen LogP contribution in [-0.2, 0) is 0 Å². The lowest BCUT2D eigenvalue weighted by molar-refractivity contribution is 1.17. The van der Waals surface area contributed by atoms with Crippen LogP contribution in [0.4, 0.5) is 0 Å². The lowest BCUT2D eigenvalue weighted by Gasteiger charge is -2.11. The van der Waals surface area contributed by atoms with Crippen LogP contribution in [-0.4, -0.2) is 19.1 Å². The second-order valence-corrected chi connectivity index (χ2v) is 13.0. The van der Waals surface area contributed by atoms with Gasteiger partial charge in [0.2, 0.25) is 0 Å². The van der Waals surface area contributed by atoms with Gasteiger partial charge in [0, 0.05) is 49.3 Å². The van der Waals surface area contributed by atoms with Gasteiger partial charge in [0.15, 0.2) is 0 Å². The highest BCUT2D eigenvalue weighted by Gasteiger charge is 2.19. The third-order valence-electron chi connectivity index (χ3n) is 10.3. The van der Waals surface area contributed by atoms with Crippen molar-refractivity contribution in [2.75, 3.05) is 0 Å². The SMILES string of the molecule is c1ccc(-n2c3ccccc3c3cc4c(cc32)c2ccccc2n4-c2ccc(-c3cnc4c5ccccc5c5ccccc5c4n3)cc2)cc1. The molecule has 0 aliphatic rings. The van der Waals surface area contributed by atoms with Crippen molar-refractivity contribution in [2.45, 2.75) is 0 Å². The molecule has 0 bridgehead atoms. The minimum absolute atomic E-state index is 0.863. The Morgan fingerprint density at radius 3 is 1.38 bits per heavy atom. The number of aromatic nitrogens is 4. The molecule has 4 heteroatoms. The molecule has 3 aromatic heterocycles. The Bertz CT molecular complexity index is 3100. The zero-order chi connectivity index (χ0) is 32.8. The van der Waals surface area contributed by atoms with Crippen molar-refractivity contribution < 1.29 is 0 Å². The molecule has 11 aromatic rings. The minimum atomic E-state index is 0.863. The van der Waals surface area contributed by atoms with Gasteiger partial charge in [0.1, 0.15) is 0 Å². The topological polar surface area (TPSA) is 35.6 Å². The number of nitrogens with zero attached hydrogens (tertiary/aromatic N) is 4. The molecule has 0 atom stereocenters. The maximum atomic E-state index is 5.23. The monoisotopic (exact) mass is 636 g/mol. The molecule has 0 saturated heterocycles. The van der Waals surface area contributed by atoms with Crippen molar-refractivity contribution in [3.05, 3.63) is 170 Å². The predicted molar refractivity (Wildman–Crippen MR) is 209 cm³/mol. The molecule has 0 fully saturated rings. The maximum absolute atomic E-state index is 5.23. The summed E-state index contributed by atoms with van der Waals surface area (Å²) in [5.41, 5.74) is 10.8. The molecular formula is C46H28N4. The van der Waals surface area contributed by atoms with Gasteiger partial charge in [-0.1, -0.05) is 115 Å². The average molecular weight is 637 g/mol. The maximum Gasteiger partial charge on any atom is 0.0979 e. The molecule has 0 unspecified atom stereocenters. The normalized spacial score (nSPS) is 12.0. The first-order valence-corrected chi connectivity index (χ1v) is 17.0. The van der Waals surface area contributed by atoms with E-state index in [9.17, 15) is 0 Å². The van der Waals surface area contributed by atoms with Crippen molar-refractivity contribution in [2.24, 2.45) is 0 Å². The second-order valence-electron chi connectivity index (χ2n) is 13.0. The van der Waals surface area contributed by atoms with Crippen LogP contribution in [0.3, 0.4) is 0 Å². The van der Waals surface area contributed by atoms with Crippen LogP contribution in [0.15, 0.2) is 170 Å². The predicted octanol–water partition coefficient (Wildman–Crippen LogP) is 11.8. The van der Waals surface area contributed by atoms with E-state index in [0.29, 0.717) is 0 Å². The molecule has 50 heavy (non-hydrogen) atoms. The van der Waals surface area contributed by atoms with Crippen LogP contribution in [0.1, 0.15) is 0 Å². The number of rotatable bonds is 3. The number of fused-ring (bicyclic) bond motifs is 12. The molecule has 0 spiro atoms. The van der Waals surface area contributed by atoms with E-state index in [1.165, 1.54) is 54.4 Å². The minimum Gasteiger partial charge on any atom is -0.309 e. The van der Waals surface area contributed by atoms with Gasteiger partial charge in [-0.3, -0.25) is 4.98 Å². The van der Waals surface area contributed by atoms with E-state index >= 15 is 0 Å². The highest BCUT2D eigenvalue weighted by molar-refractivity contribution is 6.23. The van der Waals surface area contributed by atoms with E-state index < -0.39 is 0 Å². The van der Waals surface area contributed by atoms with Gasteiger partial charge in [0.05, 0.1) is 45.0 Å². The van der Waals surface area contributed by atoms with E-state index in [1.54, 1.807) is 0 Å². The Kier molecular flexibility index (Phi) is 5.63. The highest BCUT2D eigenvalue weighted by atomic mass is 15.0.